The van der Waals surface area contributed by atoms with Gasteiger partial charge in [-0.1, -0.05) is 5.92 Å². The van der Waals surface area contributed by atoms with Crippen molar-refractivity contribution in [3.05, 3.63) is 12.0 Å². The molecular formula is C10H15N3S. The lowest BCUT2D eigenvalue weighted by atomic mass is 10.2. The lowest BCUT2D eigenvalue weighted by Crippen LogP contribution is -2.02. The third-order valence-electron chi connectivity index (χ3n) is 1.98. The van der Waals surface area contributed by atoms with Crippen LogP contribution in [0.4, 0.5) is 5.82 Å². The summed E-state index contributed by atoms with van der Waals surface area (Å²) in [5, 5.41) is 0. The summed E-state index contributed by atoms with van der Waals surface area (Å²) in [6, 6.07) is 0. The largest absolute Gasteiger partial charge is 0.384 e. The van der Waals surface area contributed by atoms with E-state index in [1.165, 1.54) is 0 Å². The van der Waals surface area contributed by atoms with Gasteiger partial charge in [-0.2, -0.15) is 11.8 Å². The molecule has 0 saturated carbocycles. The van der Waals surface area contributed by atoms with Gasteiger partial charge < -0.3 is 10.3 Å². The highest BCUT2D eigenvalue weighted by atomic mass is 32.2. The van der Waals surface area contributed by atoms with E-state index >= 15 is 0 Å². The Morgan fingerprint density at radius 1 is 1.71 bits per heavy atom. The molecule has 0 saturated heterocycles. The van der Waals surface area contributed by atoms with E-state index in [-0.39, 0.29) is 0 Å². The molecule has 1 rings (SSSR count). The van der Waals surface area contributed by atoms with Gasteiger partial charge in [-0.15, -0.1) is 6.42 Å². The molecule has 0 aliphatic rings. The average molecular weight is 209 g/mol. The molecule has 0 aliphatic heterocycles. The van der Waals surface area contributed by atoms with Crippen LogP contribution in [0.3, 0.4) is 0 Å². The average Bonchev–Trinajstić information content (AvgIpc) is 2.51. The molecule has 2 N–H and O–H groups in total. The summed E-state index contributed by atoms with van der Waals surface area (Å²) < 4.78 is 1.80. The SMILES string of the molecule is C#CCn1cnc(CCCSC)c1N. The number of thioether (sulfide) groups is 1. The fourth-order valence-electron chi connectivity index (χ4n) is 1.23. The Balaban J connectivity index is 2.56. The molecule has 3 nitrogen and oxygen atoms in total. The third kappa shape index (κ3) is 2.71. The van der Waals surface area contributed by atoms with Crippen molar-refractivity contribution in [2.45, 2.75) is 19.4 Å². The van der Waals surface area contributed by atoms with E-state index in [1.807, 2.05) is 11.8 Å². The molecule has 0 aliphatic carbocycles. The van der Waals surface area contributed by atoms with E-state index in [0.717, 1.165) is 24.3 Å². The smallest absolute Gasteiger partial charge is 0.127 e. The Kier molecular flexibility index (Phi) is 4.41. The standard InChI is InChI=1S/C10H15N3S/c1-3-6-13-8-12-9(10(13)11)5-4-7-14-2/h1,8H,4-7,11H2,2H3. The lowest BCUT2D eigenvalue weighted by molar-refractivity contribution is 0.850. The minimum Gasteiger partial charge on any atom is -0.384 e. The Morgan fingerprint density at radius 3 is 3.14 bits per heavy atom. The number of imidazole rings is 1. The highest BCUT2D eigenvalue weighted by Gasteiger charge is 2.05. The predicted molar refractivity (Wildman–Crippen MR) is 62.2 cm³/mol. The van der Waals surface area contributed by atoms with Crippen LogP contribution in [0.2, 0.25) is 0 Å². The van der Waals surface area contributed by atoms with Crippen LogP contribution in [-0.4, -0.2) is 21.6 Å². The van der Waals surface area contributed by atoms with Crippen LogP contribution in [-0.2, 0) is 13.0 Å². The molecule has 14 heavy (non-hydrogen) atoms. The van der Waals surface area contributed by atoms with Gasteiger partial charge in [-0.25, -0.2) is 4.98 Å². The molecule has 0 atom stereocenters. The van der Waals surface area contributed by atoms with E-state index in [1.54, 1.807) is 10.9 Å². The minimum atomic E-state index is 0.501. The predicted octanol–water partition coefficient (Wildman–Crippen LogP) is 1.39. The van der Waals surface area contributed by atoms with Gasteiger partial charge in [0, 0.05) is 0 Å². The molecule has 0 aromatic carbocycles. The van der Waals surface area contributed by atoms with Crippen molar-refractivity contribution >= 4 is 17.6 Å². The van der Waals surface area contributed by atoms with Crippen molar-refractivity contribution in [1.82, 2.24) is 9.55 Å². The number of nitrogen functional groups attached to an aromatic ring is 1. The van der Waals surface area contributed by atoms with E-state index in [0.29, 0.717) is 12.4 Å². The number of aryl methyl sites for hydroxylation is 1. The fraction of sp³-hybridized carbons (Fsp3) is 0.500. The molecular weight excluding hydrogens is 194 g/mol. The first kappa shape index (κ1) is 11.0. The summed E-state index contributed by atoms with van der Waals surface area (Å²) >= 11 is 1.84. The number of aromatic nitrogens is 2. The zero-order chi connectivity index (χ0) is 10.4. The Bertz CT molecular complexity index is 325. The fourth-order valence-corrected chi connectivity index (χ4v) is 1.67. The number of rotatable bonds is 5. The second kappa shape index (κ2) is 5.61. The molecule has 0 unspecified atom stereocenters. The van der Waals surface area contributed by atoms with Crippen LogP contribution in [0.1, 0.15) is 12.1 Å². The Labute approximate surface area is 89.1 Å². The number of hydrogen-bond acceptors (Lipinski definition) is 3. The van der Waals surface area contributed by atoms with E-state index in [4.69, 9.17) is 12.2 Å². The van der Waals surface area contributed by atoms with Crippen molar-refractivity contribution in [3.8, 4) is 12.3 Å². The summed E-state index contributed by atoms with van der Waals surface area (Å²) in [7, 11) is 0. The van der Waals surface area contributed by atoms with Gasteiger partial charge in [0.05, 0.1) is 18.6 Å². The summed E-state index contributed by atoms with van der Waals surface area (Å²) in [5.74, 6) is 4.40. The van der Waals surface area contributed by atoms with Crippen LogP contribution in [0.15, 0.2) is 6.33 Å². The zero-order valence-electron chi connectivity index (χ0n) is 8.36. The summed E-state index contributed by atoms with van der Waals surface area (Å²) in [6.07, 6.45) is 11.1. The maximum Gasteiger partial charge on any atom is 0.127 e. The van der Waals surface area contributed by atoms with Gasteiger partial charge in [0.25, 0.3) is 0 Å². The van der Waals surface area contributed by atoms with E-state index in [9.17, 15) is 0 Å². The van der Waals surface area contributed by atoms with Crippen LogP contribution in [0.25, 0.3) is 0 Å². The third-order valence-corrected chi connectivity index (χ3v) is 2.68. The number of nitrogens with zero attached hydrogens (tertiary/aromatic N) is 2. The van der Waals surface area contributed by atoms with Gasteiger partial charge in [0.2, 0.25) is 0 Å². The highest BCUT2D eigenvalue weighted by Crippen LogP contribution is 2.12. The quantitative estimate of drug-likeness (QED) is 0.589. The number of terminal acetylenes is 1. The molecule has 1 aromatic heterocycles. The van der Waals surface area contributed by atoms with E-state index < -0.39 is 0 Å². The summed E-state index contributed by atoms with van der Waals surface area (Å²) in [5.41, 5.74) is 6.84. The van der Waals surface area contributed by atoms with Crippen LogP contribution in [0.5, 0.6) is 0 Å². The van der Waals surface area contributed by atoms with Gasteiger partial charge in [-0.05, 0) is 24.9 Å². The molecule has 0 amide bonds. The molecule has 0 fully saturated rings. The molecule has 0 spiro atoms. The first-order valence-corrected chi connectivity index (χ1v) is 5.91. The molecule has 0 radical (unpaired) electrons. The maximum absolute atomic E-state index is 5.87. The Hall–Kier alpha value is -1.08. The normalized spacial score (nSPS) is 10.0. The number of anilines is 1. The van der Waals surface area contributed by atoms with Crippen molar-refractivity contribution < 1.29 is 0 Å². The van der Waals surface area contributed by atoms with Gasteiger partial charge >= 0.3 is 0 Å². The van der Waals surface area contributed by atoms with E-state index in [2.05, 4.69) is 17.2 Å². The molecule has 1 aromatic rings. The maximum atomic E-state index is 5.87. The number of nitrogens with two attached hydrogens (primary N) is 1. The first-order valence-electron chi connectivity index (χ1n) is 4.51. The van der Waals surface area contributed by atoms with Gasteiger partial charge in [0.15, 0.2) is 0 Å². The van der Waals surface area contributed by atoms with Crippen LogP contribution < -0.4 is 5.73 Å². The van der Waals surface area contributed by atoms with Gasteiger partial charge in [0.1, 0.15) is 5.82 Å². The minimum absolute atomic E-state index is 0.501. The van der Waals surface area contributed by atoms with Crippen molar-refractivity contribution in [3.63, 3.8) is 0 Å². The zero-order valence-corrected chi connectivity index (χ0v) is 9.18. The topological polar surface area (TPSA) is 43.8 Å². The molecule has 4 heteroatoms. The number of hydrogen-bond donors (Lipinski definition) is 1. The summed E-state index contributed by atoms with van der Waals surface area (Å²) in [4.78, 5) is 4.24. The van der Waals surface area contributed by atoms with Crippen molar-refractivity contribution in [1.29, 1.82) is 0 Å². The van der Waals surface area contributed by atoms with Crippen LogP contribution >= 0.6 is 11.8 Å². The second-order valence-corrected chi connectivity index (χ2v) is 3.99. The van der Waals surface area contributed by atoms with Gasteiger partial charge in [-0.3, -0.25) is 0 Å². The van der Waals surface area contributed by atoms with Crippen LogP contribution in [0, 0.1) is 12.3 Å². The monoisotopic (exact) mass is 209 g/mol. The van der Waals surface area contributed by atoms with Crippen molar-refractivity contribution in [2.24, 2.45) is 0 Å². The lowest BCUT2D eigenvalue weighted by Gasteiger charge is -2.00. The summed E-state index contributed by atoms with van der Waals surface area (Å²) in [6.45, 7) is 0.501. The Morgan fingerprint density at radius 2 is 2.50 bits per heavy atom. The molecule has 76 valence electrons. The highest BCUT2D eigenvalue weighted by molar-refractivity contribution is 7.98. The van der Waals surface area contributed by atoms with Crippen molar-refractivity contribution in [2.75, 3.05) is 17.7 Å². The first-order chi connectivity index (χ1) is 6.79. The molecule has 1 heterocycles. The second-order valence-electron chi connectivity index (χ2n) is 3.00. The molecule has 0 bridgehead atoms.